The van der Waals surface area contributed by atoms with Crippen LogP contribution in [0.5, 0.6) is 0 Å². The molecule has 2 heterocycles. The highest BCUT2D eigenvalue weighted by atomic mass is 19.4. The first-order valence-corrected chi connectivity index (χ1v) is 15.7. The molecule has 2 N–H and O–H groups in total. The van der Waals surface area contributed by atoms with E-state index < -0.39 is 46.6 Å². The number of hydrogen-bond acceptors (Lipinski definition) is 6. The number of benzene rings is 3. The Morgan fingerprint density at radius 1 is 1.02 bits per heavy atom. The molecule has 0 bridgehead atoms. The number of aromatic nitrogens is 1. The summed E-state index contributed by atoms with van der Waals surface area (Å²) in [5.41, 5.74) is -0.0538. The molecule has 0 aliphatic carbocycles. The van der Waals surface area contributed by atoms with Gasteiger partial charge in [0.25, 0.3) is 11.5 Å². The van der Waals surface area contributed by atoms with Crippen LogP contribution in [0.1, 0.15) is 43.7 Å². The van der Waals surface area contributed by atoms with Crippen LogP contribution in [-0.4, -0.2) is 72.9 Å². The zero-order valence-corrected chi connectivity index (χ0v) is 27.7. The summed E-state index contributed by atoms with van der Waals surface area (Å²) in [6.45, 7) is 4.08. The minimum absolute atomic E-state index is 0.0886. The average molecular weight is 683 g/mol. The lowest BCUT2D eigenvalue weighted by atomic mass is 9.94. The number of nitrogens with one attached hydrogen (secondary N) is 1. The molecular formula is C36H38F4N4O5. The Bertz CT molecular complexity index is 1930. The number of carboxylic acid groups (broad SMARTS) is 1. The van der Waals surface area contributed by atoms with Crippen LogP contribution >= 0.6 is 0 Å². The van der Waals surface area contributed by atoms with Crippen molar-refractivity contribution in [1.82, 2.24) is 14.8 Å². The van der Waals surface area contributed by atoms with Gasteiger partial charge in [0.05, 0.1) is 29.9 Å². The lowest BCUT2D eigenvalue weighted by molar-refractivity contribution is -0.139. The van der Waals surface area contributed by atoms with Gasteiger partial charge in [-0.3, -0.25) is 9.59 Å². The topological polar surface area (TPSA) is 104 Å². The smallest absolute Gasteiger partial charge is 0.417 e. The molecule has 1 aliphatic heterocycles. The number of pyridine rings is 1. The number of fused-ring (bicyclic) bond motifs is 1. The number of hydrogen-bond donors (Lipinski definition) is 2. The first-order valence-electron chi connectivity index (χ1n) is 15.7. The van der Waals surface area contributed by atoms with Crippen LogP contribution in [0.4, 0.5) is 23.2 Å². The summed E-state index contributed by atoms with van der Waals surface area (Å²) in [4.78, 5) is 42.6. The molecule has 0 saturated carbocycles. The number of rotatable bonds is 10. The van der Waals surface area contributed by atoms with Gasteiger partial charge in [0.2, 0.25) is 0 Å². The average Bonchev–Trinajstić information content (AvgIpc) is 3.02. The van der Waals surface area contributed by atoms with Crippen LogP contribution in [0.3, 0.4) is 0 Å². The number of anilines is 1. The van der Waals surface area contributed by atoms with Crippen molar-refractivity contribution in [2.45, 2.75) is 38.5 Å². The van der Waals surface area contributed by atoms with Gasteiger partial charge in [0, 0.05) is 56.2 Å². The minimum atomic E-state index is -4.83. The summed E-state index contributed by atoms with van der Waals surface area (Å²) in [6, 6.07) is 12.3. The second-order valence-corrected chi connectivity index (χ2v) is 12.6. The first-order chi connectivity index (χ1) is 23.1. The lowest BCUT2D eigenvalue weighted by Crippen LogP contribution is -2.43. The maximum Gasteiger partial charge on any atom is 0.417 e. The van der Waals surface area contributed by atoms with E-state index in [2.05, 4.69) is 5.32 Å². The summed E-state index contributed by atoms with van der Waals surface area (Å²) in [7, 11) is 5.03. The summed E-state index contributed by atoms with van der Waals surface area (Å²) < 4.78 is 65.8. The Kier molecular flexibility index (Phi) is 10.4. The largest absolute Gasteiger partial charge is 0.480 e. The van der Waals surface area contributed by atoms with Crippen LogP contribution in [0.15, 0.2) is 59.4 Å². The first kappa shape index (κ1) is 35.6. The molecule has 1 fully saturated rings. The van der Waals surface area contributed by atoms with Crippen LogP contribution in [0.2, 0.25) is 0 Å². The van der Waals surface area contributed by atoms with E-state index in [1.165, 1.54) is 35.9 Å². The molecule has 49 heavy (non-hydrogen) atoms. The Balaban J connectivity index is 1.42. The number of aryl methyl sites for hydroxylation is 2. The molecule has 1 aliphatic rings. The van der Waals surface area contributed by atoms with Gasteiger partial charge in [-0.25, -0.2) is 9.18 Å². The number of carbonyl (C=O) groups excluding carboxylic acids is 1. The lowest BCUT2D eigenvalue weighted by Gasteiger charge is -2.29. The van der Waals surface area contributed by atoms with Crippen LogP contribution in [-0.2, 0) is 42.1 Å². The maximum atomic E-state index is 15.2. The number of morpholine rings is 1. The van der Waals surface area contributed by atoms with Crippen molar-refractivity contribution in [3.63, 3.8) is 0 Å². The van der Waals surface area contributed by atoms with Crippen molar-refractivity contribution < 1.29 is 37.0 Å². The highest BCUT2D eigenvalue weighted by molar-refractivity contribution is 5.98. The van der Waals surface area contributed by atoms with Gasteiger partial charge in [0.1, 0.15) is 11.9 Å². The van der Waals surface area contributed by atoms with Gasteiger partial charge in [-0.2, -0.15) is 13.2 Å². The number of aliphatic carboxylic acids is 1. The van der Waals surface area contributed by atoms with E-state index in [-0.39, 0.29) is 29.3 Å². The van der Waals surface area contributed by atoms with Crippen molar-refractivity contribution >= 4 is 28.5 Å². The van der Waals surface area contributed by atoms with E-state index in [9.17, 15) is 32.7 Å². The number of amides is 1. The predicted octanol–water partition coefficient (Wildman–Crippen LogP) is 4.92. The highest BCUT2D eigenvalue weighted by Crippen LogP contribution is 2.37. The molecule has 0 spiro atoms. The Hall–Kier alpha value is -4.75. The van der Waals surface area contributed by atoms with E-state index in [0.29, 0.717) is 60.8 Å². The normalized spacial score (nSPS) is 14.3. The van der Waals surface area contributed by atoms with Crippen molar-refractivity contribution in [2.75, 3.05) is 45.3 Å². The van der Waals surface area contributed by atoms with Gasteiger partial charge in [-0.1, -0.05) is 30.3 Å². The summed E-state index contributed by atoms with van der Waals surface area (Å²) >= 11 is 0. The number of carbonyl (C=O) groups is 2. The summed E-state index contributed by atoms with van der Waals surface area (Å²) in [5.74, 6) is -3.08. The van der Waals surface area contributed by atoms with Crippen molar-refractivity contribution in [3.05, 3.63) is 110 Å². The fraction of sp³-hybridized carbons (Fsp3) is 0.361. The molecule has 3 aromatic carbocycles. The molecule has 260 valence electrons. The predicted molar refractivity (Wildman–Crippen MR) is 178 cm³/mol. The SMILES string of the molecule is Cc1cc(N2CCOCC2)cc(F)c1C(=O)NC(Cc1cccc(Cc2c(C(F)(F)F)c3cc(CN(C)C)ccc3n(C)c2=O)c1)C(=O)O. The number of alkyl halides is 3. The Labute approximate surface area is 280 Å². The molecule has 5 rings (SSSR count). The van der Waals surface area contributed by atoms with E-state index in [4.69, 9.17) is 4.74 Å². The quantitative estimate of drug-likeness (QED) is 0.229. The maximum absolute atomic E-state index is 15.2. The van der Waals surface area contributed by atoms with Gasteiger partial charge in [-0.15, -0.1) is 0 Å². The highest BCUT2D eigenvalue weighted by Gasteiger charge is 2.37. The zero-order valence-electron chi connectivity index (χ0n) is 27.7. The van der Waals surface area contributed by atoms with E-state index in [1.54, 1.807) is 51.4 Å². The summed E-state index contributed by atoms with van der Waals surface area (Å²) in [6.07, 6.45) is -5.44. The molecular weight excluding hydrogens is 644 g/mol. The van der Waals surface area contributed by atoms with Gasteiger partial charge >= 0.3 is 12.1 Å². The molecule has 1 atom stereocenters. The third-order valence-corrected chi connectivity index (χ3v) is 8.63. The van der Waals surface area contributed by atoms with Gasteiger partial charge < -0.3 is 29.5 Å². The number of halogens is 4. The van der Waals surface area contributed by atoms with Crippen LogP contribution in [0.25, 0.3) is 10.9 Å². The van der Waals surface area contributed by atoms with Gasteiger partial charge in [0.15, 0.2) is 0 Å². The number of carboxylic acids is 1. The van der Waals surface area contributed by atoms with Gasteiger partial charge in [-0.05, 0) is 67.5 Å². The van der Waals surface area contributed by atoms with Crippen molar-refractivity contribution in [3.8, 4) is 0 Å². The molecule has 1 unspecified atom stereocenters. The molecule has 4 aromatic rings. The summed E-state index contributed by atoms with van der Waals surface area (Å²) in [5, 5.41) is 12.3. The molecule has 0 radical (unpaired) electrons. The van der Waals surface area contributed by atoms with E-state index in [1.807, 2.05) is 9.80 Å². The molecule has 1 amide bonds. The third kappa shape index (κ3) is 7.94. The number of ether oxygens (including phenoxy) is 1. The second-order valence-electron chi connectivity index (χ2n) is 12.6. The third-order valence-electron chi connectivity index (χ3n) is 8.63. The fourth-order valence-electron chi connectivity index (χ4n) is 6.36. The van der Waals surface area contributed by atoms with Crippen molar-refractivity contribution in [1.29, 1.82) is 0 Å². The molecule has 1 saturated heterocycles. The fourth-order valence-corrected chi connectivity index (χ4v) is 6.36. The second kappa shape index (κ2) is 14.4. The van der Waals surface area contributed by atoms with Crippen molar-refractivity contribution in [2.24, 2.45) is 7.05 Å². The number of nitrogens with zero attached hydrogens (tertiary/aromatic N) is 3. The zero-order chi connectivity index (χ0) is 35.6. The standard InChI is InChI=1S/C36H38F4N4O5/c1-21-14-25(44-10-12-49-13-11-44)19-28(37)31(21)33(45)41-29(35(47)48)18-23-7-5-6-22(15-23)16-27-32(36(38,39)40)26-17-24(20-42(2)3)8-9-30(26)43(4)34(27)46/h5-9,14-15,17,19,29H,10-13,16,18,20H2,1-4H3,(H,41,45)(H,47,48). The monoisotopic (exact) mass is 682 g/mol. The minimum Gasteiger partial charge on any atom is -0.480 e. The molecule has 9 nitrogen and oxygen atoms in total. The van der Waals surface area contributed by atoms with E-state index >= 15 is 4.39 Å². The Morgan fingerprint density at radius 2 is 1.71 bits per heavy atom. The Morgan fingerprint density at radius 3 is 2.35 bits per heavy atom. The van der Waals surface area contributed by atoms with E-state index in [0.717, 1.165) is 0 Å². The van der Waals surface area contributed by atoms with Crippen LogP contribution < -0.4 is 15.8 Å². The molecule has 13 heteroatoms. The molecule has 1 aromatic heterocycles. The van der Waals surface area contributed by atoms with Crippen LogP contribution in [0, 0.1) is 12.7 Å².